The SMILES string of the molecule is C[C@@H]1COCCN1c1cc(C2(C)CCCS2(=O)=O)nc(-c2cc(N)nc(Cl)c2)n1. The van der Waals surface area contributed by atoms with Gasteiger partial charge in [-0.3, -0.25) is 0 Å². The normalized spacial score (nSPS) is 26.6. The summed E-state index contributed by atoms with van der Waals surface area (Å²) in [5, 5.41) is 0.231. The topological polar surface area (TPSA) is 111 Å². The minimum absolute atomic E-state index is 0.110. The molecule has 0 saturated carbocycles. The number of hydrogen-bond donors (Lipinski definition) is 1. The van der Waals surface area contributed by atoms with Gasteiger partial charge in [0.25, 0.3) is 0 Å². The molecule has 2 atom stereocenters. The molecule has 0 aliphatic carbocycles. The highest BCUT2D eigenvalue weighted by atomic mass is 35.5. The second-order valence-electron chi connectivity index (χ2n) is 7.81. The van der Waals surface area contributed by atoms with Gasteiger partial charge < -0.3 is 15.4 Å². The first-order valence-corrected chi connectivity index (χ1v) is 11.6. The van der Waals surface area contributed by atoms with Gasteiger partial charge in [-0.2, -0.15) is 0 Å². The van der Waals surface area contributed by atoms with Gasteiger partial charge in [0.2, 0.25) is 0 Å². The van der Waals surface area contributed by atoms with Crippen molar-refractivity contribution in [2.24, 2.45) is 0 Å². The number of aromatic nitrogens is 3. The van der Waals surface area contributed by atoms with Crippen molar-refractivity contribution >= 4 is 33.1 Å². The van der Waals surface area contributed by atoms with Gasteiger partial charge >= 0.3 is 0 Å². The third kappa shape index (κ3) is 3.67. The maximum atomic E-state index is 12.8. The van der Waals surface area contributed by atoms with Crippen molar-refractivity contribution in [1.82, 2.24) is 15.0 Å². The summed E-state index contributed by atoms with van der Waals surface area (Å²) in [5.74, 6) is 1.48. The highest BCUT2D eigenvalue weighted by Gasteiger charge is 2.46. The zero-order chi connectivity index (χ0) is 20.8. The van der Waals surface area contributed by atoms with Gasteiger partial charge in [0.1, 0.15) is 21.5 Å². The van der Waals surface area contributed by atoms with Crippen molar-refractivity contribution in [1.29, 1.82) is 0 Å². The Labute approximate surface area is 175 Å². The first-order valence-electron chi connectivity index (χ1n) is 9.59. The van der Waals surface area contributed by atoms with Crippen LogP contribution in [0.3, 0.4) is 0 Å². The molecule has 2 saturated heterocycles. The van der Waals surface area contributed by atoms with Crippen LogP contribution in [0.15, 0.2) is 18.2 Å². The number of nitrogens with two attached hydrogens (primary N) is 1. The monoisotopic (exact) mass is 437 g/mol. The van der Waals surface area contributed by atoms with Gasteiger partial charge in [-0.15, -0.1) is 0 Å². The van der Waals surface area contributed by atoms with E-state index in [0.29, 0.717) is 55.5 Å². The number of anilines is 2. The summed E-state index contributed by atoms with van der Waals surface area (Å²) in [5.41, 5.74) is 6.96. The summed E-state index contributed by atoms with van der Waals surface area (Å²) in [6, 6.07) is 5.19. The minimum Gasteiger partial charge on any atom is -0.384 e. The van der Waals surface area contributed by atoms with Gasteiger partial charge in [-0.1, -0.05) is 11.6 Å². The molecule has 0 bridgehead atoms. The molecule has 0 amide bonds. The van der Waals surface area contributed by atoms with Crippen molar-refractivity contribution < 1.29 is 13.2 Å². The number of nitrogen functional groups attached to an aromatic ring is 1. The number of rotatable bonds is 3. The Bertz CT molecular complexity index is 1030. The van der Waals surface area contributed by atoms with Crippen LogP contribution in [-0.4, -0.2) is 54.9 Å². The Morgan fingerprint density at radius 3 is 2.72 bits per heavy atom. The van der Waals surface area contributed by atoms with Crippen molar-refractivity contribution in [2.75, 3.05) is 36.1 Å². The standard InChI is InChI=1S/C19H24ClN5O3S/c1-12-11-28-6-5-25(12)17-10-14(19(2)4-3-7-29(19,26)27)22-18(24-17)13-8-15(20)23-16(21)9-13/h8-10,12H,3-7,11H2,1-2H3,(H2,21,23)/t12-,19?/m1/s1. The second-order valence-corrected chi connectivity index (χ2v) is 10.7. The van der Waals surface area contributed by atoms with Crippen molar-refractivity contribution in [3.8, 4) is 11.4 Å². The Balaban J connectivity index is 1.90. The Morgan fingerprint density at radius 2 is 2.07 bits per heavy atom. The molecule has 10 heteroatoms. The molecule has 156 valence electrons. The van der Waals surface area contributed by atoms with Crippen LogP contribution < -0.4 is 10.6 Å². The zero-order valence-corrected chi connectivity index (χ0v) is 18.0. The van der Waals surface area contributed by atoms with E-state index in [4.69, 9.17) is 27.1 Å². The number of hydrogen-bond acceptors (Lipinski definition) is 8. The van der Waals surface area contributed by atoms with E-state index >= 15 is 0 Å². The van der Waals surface area contributed by atoms with Crippen molar-refractivity contribution in [3.63, 3.8) is 0 Å². The van der Waals surface area contributed by atoms with Crippen LogP contribution in [-0.2, 0) is 19.3 Å². The molecule has 2 aromatic rings. The summed E-state index contributed by atoms with van der Waals surface area (Å²) >= 11 is 6.08. The van der Waals surface area contributed by atoms with Gasteiger partial charge in [-0.25, -0.2) is 23.4 Å². The molecule has 2 N–H and O–H groups in total. The lowest BCUT2D eigenvalue weighted by molar-refractivity contribution is 0.0985. The quantitative estimate of drug-likeness (QED) is 0.728. The Hall–Kier alpha value is -1.97. The molecule has 1 unspecified atom stereocenters. The number of ether oxygens (including phenoxy) is 1. The highest BCUT2D eigenvalue weighted by Crippen LogP contribution is 2.42. The van der Waals surface area contributed by atoms with Crippen LogP contribution in [0, 0.1) is 0 Å². The minimum atomic E-state index is -3.31. The van der Waals surface area contributed by atoms with Gasteiger partial charge in [0.15, 0.2) is 15.7 Å². The zero-order valence-electron chi connectivity index (χ0n) is 16.4. The van der Waals surface area contributed by atoms with Crippen LogP contribution in [0.25, 0.3) is 11.4 Å². The summed E-state index contributed by atoms with van der Waals surface area (Å²) in [7, 11) is -3.31. The van der Waals surface area contributed by atoms with Crippen LogP contribution in [0.5, 0.6) is 0 Å². The predicted molar refractivity (Wildman–Crippen MR) is 113 cm³/mol. The molecule has 2 aliphatic heterocycles. The molecule has 2 fully saturated rings. The van der Waals surface area contributed by atoms with Crippen LogP contribution in [0.4, 0.5) is 11.6 Å². The van der Waals surface area contributed by atoms with E-state index in [-0.39, 0.29) is 22.8 Å². The first-order chi connectivity index (χ1) is 13.7. The molecule has 0 aromatic carbocycles. The lowest BCUT2D eigenvalue weighted by atomic mass is 10.0. The average molecular weight is 438 g/mol. The third-order valence-electron chi connectivity index (χ3n) is 5.74. The molecule has 0 radical (unpaired) electrons. The number of morpholine rings is 1. The fraction of sp³-hybridized carbons (Fsp3) is 0.526. The van der Waals surface area contributed by atoms with Gasteiger partial charge in [-0.05, 0) is 38.8 Å². The molecule has 2 aliphatic rings. The summed E-state index contributed by atoms with van der Waals surface area (Å²) in [6.45, 7) is 5.64. The Kier molecular flexibility index (Phi) is 5.16. The predicted octanol–water partition coefficient (Wildman–Crippen LogP) is 2.42. The summed E-state index contributed by atoms with van der Waals surface area (Å²) in [6.07, 6.45) is 1.15. The van der Waals surface area contributed by atoms with Gasteiger partial charge in [0, 0.05) is 18.2 Å². The molecule has 29 heavy (non-hydrogen) atoms. The molecular formula is C19H24ClN5O3S. The van der Waals surface area contributed by atoms with Crippen molar-refractivity contribution in [2.45, 2.75) is 37.5 Å². The first kappa shape index (κ1) is 20.3. The van der Waals surface area contributed by atoms with Crippen LogP contribution in [0.2, 0.25) is 5.15 Å². The molecule has 2 aromatic heterocycles. The maximum absolute atomic E-state index is 12.8. The lowest BCUT2D eigenvalue weighted by Gasteiger charge is -2.35. The van der Waals surface area contributed by atoms with Crippen LogP contribution >= 0.6 is 11.6 Å². The van der Waals surface area contributed by atoms with E-state index in [1.165, 1.54) is 0 Å². The molecule has 4 heterocycles. The fourth-order valence-electron chi connectivity index (χ4n) is 3.96. The molecule has 0 spiro atoms. The average Bonchev–Trinajstić information content (AvgIpc) is 2.94. The third-order valence-corrected chi connectivity index (χ3v) is 8.55. The second kappa shape index (κ2) is 7.37. The van der Waals surface area contributed by atoms with E-state index in [1.807, 2.05) is 0 Å². The lowest BCUT2D eigenvalue weighted by Crippen LogP contribution is -2.44. The summed E-state index contributed by atoms with van der Waals surface area (Å²) in [4.78, 5) is 15.5. The smallest absolute Gasteiger partial charge is 0.162 e. The van der Waals surface area contributed by atoms with E-state index in [1.54, 1.807) is 25.1 Å². The molecule has 4 rings (SSSR count). The molecule has 8 nitrogen and oxygen atoms in total. The number of nitrogens with zero attached hydrogens (tertiary/aromatic N) is 4. The Morgan fingerprint density at radius 1 is 1.28 bits per heavy atom. The van der Waals surface area contributed by atoms with Gasteiger partial charge in [0.05, 0.1) is 30.7 Å². The molecular weight excluding hydrogens is 414 g/mol. The number of halogens is 1. The van der Waals surface area contributed by atoms with Crippen molar-refractivity contribution in [3.05, 3.63) is 29.0 Å². The largest absolute Gasteiger partial charge is 0.384 e. The number of sulfone groups is 1. The van der Waals surface area contributed by atoms with Crippen LogP contribution in [0.1, 0.15) is 32.4 Å². The van der Waals surface area contributed by atoms with E-state index in [2.05, 4.69) is 21.8 Å². The highest BCUT2D eigenvalue weighted by molar-refractivity contribution is 7.92. The maximum Gasteiger partial charge on any atom is 0.162 e. The summed E-state index contributed by atoms with van der Waals surface area (Å²) < 4.78 is 30.2. The van der Waals surface area contributed by atoms with E-state index < -0.39 is 14.6 Å². The number of pyridine rings is 1. The fourth-order valence-corrected chi connectivity index (χ4v) is 6.03. The van der Waals surface area contributed by atoms with E-state index in [9.17, 15) is 8.42 Å². The van der Waals surface area contributed by atoms with E-state index in [0.717, 1.165) is 0 Å².